The van der Waals surface area contributed by atoms with Crippen molar-refractivity contribution >= 4 is 0 Å². The molecule has 1 aliphatic rings. The van der Waals surface area contributed by atoms with Crippen LogP contribution in [-0.2, 0) is 6.54 Å². The van der Waals surface area contributed by atoms with Gasteiger partial charge in [-0.15, -0.1) is 0 Å². The summed E-state index contributed by atoms with van der Waals surface area (Å²) in [4.78, 5) is 2.59. The number of nitrogens with one attached hydrogen (secondary N) is 1. The smallest absolute Gasteiger partial charge is 0.139 e. The van der Waals surface area contributed by atoms with Crippen LogP contribution >= 0.6 is 0 Å². The molecule has 1 unspecified atom stereocenters. The lowest BCUT2D eigenvalue weighted by Crippen LogP contribution is -2.39. The van der Waals surface area contributed by atoms with Crippen molar-refractivity contribution in [3.05, 3.63) is 17.5 Å². The Balaban J connectivity index is 1.72. The van der Waals surface area contributed by atoms with Gasteiger partial charge in [0.15, 0.2) is 0 Å². The average molecular weight is 279 g/mol. The van der Waals surface area contributed by atoms with E-state index in [2.05, 4.69) is 42.2 Å². The van der Waals surface area contributed by atoms with E-state index in [4.69, 9.17) is 4.52 Å². The van der Waals surface area contributed by atoms with Crippen molar-refractivity contribution in [2.24, 2.45) is 0 Å². The molecule has 1 fully saturated rings. The minimum Gasteiger partial charge on any atom is -0.361 e. The highest BCUT2D eigenvalue weighted by molar-refractivity contribution is 5.08. The van der Waals surface area contributed by atoms with Crippen molar-refractivity contribution < 1.29 is 4.52 Å². The Morgan fingerprint density at radius 3 is 2.50 bits per heavy atom. The van der Waals surface area contributed by atoms with Crippen molar-refractivity contribution in [1.29, 1.82) is 0 Å². The minimum atomic E-state index is 0.408. The molecule has 0 aromatic carbocycles. The van der Waals surface area contributed by atoms with Crippen molar-refractivity contribution in [2.75, 3.05) is 19.6 Å². The zero-order valence-corrected chi connectivity index (χ0v) is 13.2. The molecule has 0 spiro atoms. The van der Waals surface area contributed by atoms with E-state index in [1.165, 1.54) is 38.8 Å². The molecule has 2 heterocycles. The highest BCUT2D eigenvalue weighted by atomic mass is 16.5. The Morgan fingerprint density at radius 1 is 1.20 bits per heavy atom. The van der Waals surface area contributed by atoms with Crippen LogP contribution in [0.3, 0.4) is 0 Å². The van der Waals surface area contributed by atoms with Gasteiger partial charge in [0.2, 0.25) is 0 Å². The fourth-order valence-corrected chi connectivity index (χ4v) is 2.73. The number of nitrogens with zero attached hydrogens (tertiary/aromatic N) is 2. The summed E-state index contributed by atoms with van der Waals surface area (Å²) >= 11 is 0. The Bertz CT molecular complexity index is 381. The highest BCUT2D eigenvalue weighted by Crippen LogP contribution is 2.15. The maximum absolute atomic E-state index is 5.32. The first kappa shape index (κ1) is 15.5. The van der Waals surface area contributed by atoms with Gasteiger partial charge < -0.3 is 14.7 Å². The molecule has 2 rings (SSSR count). The molecule has 0 saturated carbocycles. The third-order valence-corrected chi connectivity index (χ3v) is 4.01. The van der Waals surface area contributed by atoms with Gasteiger partial charge in [0.25, 0.3) is 0 Å². The van der Waals surface area contributed by atoms with E-state index in [-0.39, 0.29) is 0 Å². The SMILES string of the molecule is CC(CN1CCCCCC1)NCc1cc(C(C)C)on1. The molecule has 20 heavy (non-hydrogen) atoms. The fraction of sp³-hybridized carbons (Fsp3) is 0.812. The second-order valence-corrected chi connectivity index (χ2v) is 6.37. The van der Waals surface area contributed by atoms with Crippen LogP contribution in [0.5, 0.6) is 0 Å². The van der Waals surface area contributed by atoms with Gasteiger partial charge in [-0.3, -0.25) is 0 Å². The van der Waals surface area contributed by atoms with Gasteiger partial charge in [0, 0.05) is 31.1 Å². The standard InChI is InChI=1S/C16H29N3O/c1-13(2)16-10-15(18-20-16)11-17-14(3)12-19-8-6-4-5-7-9-19/h10,13-14,17H,4-9,11-12H2,1-3H3. The average Bonchev–Trinajstić information content (AvgIpc) is 2.75. The van der Waals surface area contributed by atoms with Gasteiger partial charge in [0.05, 0.1) is 5.69 Å². The van der Waals surface area contributed by atoms with E-state index in [9.17, 15) is 0 Å². The fourth-order valence-electron chi connectivity index (χ4n) is 2.73. The maximum Gasteiger partial charge on any atom is 0.139 e. The van der Waals surface area contributed by atoms with Crippen LogP contribution < -0.4 is 5.32 Å². The molecule has 0 radical (unpaired) electrons. The third-order valence-electron chi connectivity index (χ3n) is 4.01. The van der Waals surface area contributed by atoms with E-state index in [0.29, 0.717) is 12.0 Å². The summed E-state index contributed by atoms with van der Waals surface area (Å²) in [5.41, 5.74) is 1.01. The highest BCUT2D eigenvalue weighted by Gasteiger charge is 2.13. The Kier molecular flexibility index (Phi) is 6.05. The number of rotatable bonds is 6. The molecule has 1 N–H and O–H groups in total. The van der Waals surface area contributed by atoms with Gasteiger partial charge in [0.1, 0.15) is 5.76 Å². The molecule has 1 aromatic heterocycles. The predicted molar refractivity (Wildman–Crippen MR) is 81.8 cm³/mol. The summed E-state index contributed by atoms with van der Waals surface area (Å²) in [6.07, 6.45) is 5.51. The topological polar surface area (TPSA) is 41.3 Å². The van der Waals surface area contributed by atoms with Crippen LogP contribution in [0.15, 0.2) is 10.6 Å². The second-order valence-electron chi connectivity index (χ2n) is 6.37. The van der Waals surface area contributed by atoms with Gasteiger partial charge in [-0.25, -0.2) is 0 Å². The van der Waals surface area contributed by atoms with E-state index in [0.717, 1.165) is 24.5 Å². The summed E-state index contributed by atoms with van der Waals surface area (Å²) in [7, 11) is 0. The number of likely N-dealkylation sites (tertiary alicyclic amines) is 1. The van der Waals surface area contributed by atoms with Crippen LogP contribution in [0.4, 0.5) is 0 Å². The summed E-state index contributed by atoms with van der Waals surface area (Å²) in [5.74, 6) is 1.38. The number of hydrogen-bond donors (Lipinski definition) is 1. The molecule has 1 atom stereocenters. The molecule has 0 bridgehead atoms. The molecule has 0 aliphatic carbocycles. The zero-order chi connectivity index (χ0) is 14.4. The van der Waals surface area contributed by atoms with Crippen molar-refractivity contribution in [3.63, 3.8) is 0 Å². The first-order chi connectivity index (χ1) is 9.65. The molecule has 1 saturated heterocycles. The first-order valence-electron chi connectivity index (χ1n) is 8.06. The molecule has 4 nitrogen and oxygen atoms in total. The summed E-state index contributed by atoms with van der Waals surface area (Å²) in [6.45, 7) is 11.0. The summed E-state index contributed by atoms with van der Waals surface area (Å²) < 4.78 is 5.32. The number of hydrogen-bond acceptors (Lipinski definition) is 4. The summed E-state index contributed by atoms with van der Waals surface area (Å²) in [6, 6.07) is 2.56. The van der Waals surface area contributed by atoms with Crippen LogP contribution in [0.2, 0.25) is 0 Å². The zero-order valence-electron chi connectivity index (χ0n) is 13.2. The molecular weight excluding hydrogens is 250 g/mol. The van der Waals surface area contributed by atoms with E-state index in [1.54, 1.807) is 0 Å². The predicted octanol–water partition coefficient (Wildman–Crippen LogP) is 3.15. The Labute approximate surface area is 122 Å². The molecular formula is C16H29N3O. The quantitative estimate of drug-likeness (QED) is 0.868. The van der Waals surface area contributed by atoms with Crippen LogP contribution in [0.25, 0.3) is 0 Å². The third kappa shape index (κ3) is 4.91. The normalized spacial score (nSPS) is 19.2. The Hall–Kier alpha value is -0.870. The minimum absolute atomic E-state index is 0.408. The van der Waals surface area contributed by atoms with Crippen LogP contribution in [0.1, 0.15) is 63.8 Å². The second kappa shape index (κ2) is 7.79. The van der Waals surface area contributed by atoms with Gasteiger partial charge in [-0.05, 0) is 32.9 Å². The maximum atomic E-state index is 5.32. The monoisotopic (exact) mass is 279 g/mol. The summed E-state index contributed by atoms with van der Waals surface area (Å²) in [5, 5.41) is 7.67. The molecule has 1 aromatic rings. The lowest BCUT2D eigenvalue weighted by Gasteiger charge is -2.24. The van der Waals surface area contributed by atoms with Gasteiger partial charge in [-0.2, -0.15) is 0 Å². The lowest BCUT2D eigenvalue weighted by atomic mass is 10.1. The lowest BCUT2D eigenvalue weighted by molar-refractivity contribution is 0.255. The largest absolute Gasteiger partial charge is 0.361 e. The van der Waals surface area contributed by atoms with E-state index < -0.39 is 0 Å². The van der Waals surface area contributed by atoms with Gasteiger partial charge in [-0.1, -0.05) is 31.8 Å². The number of aromatic nitrogens is 1. The van der Waals surface area contributed by atoms with E-state index in [1.807, 2.05) is 0 Å². The van der Waals surface area contributed by atoms with Crippen LogP contribution in [0, 0.1) is 0 Å². The van der Waals surface area contributed by atoms with Crippen molar-refractivity contribution in [3.8, 4) is 0 Å². The molecule has 4 heteroatoms. The van der Waals surface area contributed by atoms with Crippen LogP contribution in [-0.4, -0.2) is 35.7 Å². The molecule has 0 amide bonds. The van der Waals surface area contributed by atoms with Crippen molar-refractivity contribution in [1.82, 2.24) is 15.4 Å². The first-order valence-corrected chi connectivity index (χ1v) is 8.06. The molecule has 114 valence electrons. The van der Waals surface area contributed by atoms with E-state index >= 15 is 0 Å². The Morgan fingerprint density at radius 2 is 1.90 bits per heavy atom. The molecule has 1 aliphatic heterocycles. The van der Waals surface area contributed by atoms with Gasteiger partial charge >= 0.3 is 0 Å². The van der Waals surface area contributed by atoms with Crippen molar-refractivity contribution in [2.45, 2.75) is 65.0 Å².